The molecule has 0 heterocycles. The molecule has 0 aliphatic rings. The largest absolute Gasteiger partial charge is 0.494 e. The van der Waals surface area contributed by atoms with Crippen LogP contribution in [0.2, 0.25) is 0 Å². The first-order valence-electron chi connectivity index (χ1n) is 8.90. The van der Waals surface area contributed by atoms with E-state index in [9.17, 15) is 13.2 Å². The Morgan fingerprint density at radius 1 is 1.11 bits per heavy atom. The Kier molecular flexibility index (Phi) is 6.98. The quantitative estimate of drug-likeness (QED) is 0.670. The molecule has 6 nitrogen and oxygen atoms in total. The Hall–Kier alpha value is -2.38. The number of benzene rings is 2. The van der Waals surface area contributed by atoms with Crippen LogP contribution in [0.4, 0.5) is 5.69 Å². The average molecular weight is 391 g/mol. The van der Waals surface area contributed by atoms with Gasteiger partial charge in [0.2, 0.25) is 10.0 Å². The SMILES string of the molecule is CCCCCOc1ccc(C(=O)Nc2cc(S(N)(=O)=O)cc(C)c2C)cc1. The highest BCUT2D eigenvalue weighted by molar-refractivity contribution is 7.89. The minimum atomic E-state index is -3.85. The second-order valence-electron chi connectivity index (χ2n) is 6.49. The molecule has 0 bridgehead atoms. The van der Waals surface area contributed by atoms with Gasteiger partial charge >= 0.3 is 0 Å². The third kappa shape index (κ3) is 5.80. The van der Waals surface area contributed by atoms with E-state index in [1.807, 2.05) is 6.92 Å². The van der Waals surface area contributed by atoms with Gasteiger partial charge in [-0.1, -0.05) is 19.8 Å². The number of sulfonamides is 1. The second-order valence-corrected chi connectivity index (χ2v) is 8.05. The van der Waals surface area contributed by atoms with Crippen molar-refractivity contribution in [1.29, 1.82) is 0 Å². The lowest BCUT2D eigenvalue weighted by atomic mass is 10.1. The summed E-state index contributed by atoms with van der Waals surface area (Å²) in [6.45, 7) is 6.36. The van der Waals surface area contributed by atoms with Gasteiger partial charge in [0.15, 0.2) is 0 Å². The number of aryl methyl sites for hydroxylation is 1. The number of unbranched alkanes of at least 4 members (excludes halogenated alkanes) is 2. The summed E-state index contributed by atoms with van der Waals surface area (Å²) in [5.74, 6) is 0.382. The van der Waals surface area contributed by atoms with E-state index in [2.05, 4.69) is 12.2 Å². The molecule has 0 aliphatic carbocycles. The van der Waals surface area contributed by atoms with Crippen LogP contribution < -0.4 is 15.2 Å². The fourth-order valence-corrected chi connectivity index (χ4v) is 3.18. The van der Waals surface area contributed by atoms with Crippen LogP contribution in [0.1, 0.15) is 47.7 Å². The smallest absolute Gasteiger partial charge is 0.255 e. The van der Waals surface area contributed by atoms with E-state index in [0.29, 0.717) is 23.6 Å². The van der Waals surface area contributed by atoms with Crippen molar-refractivity contribution in [3.8, 4) is 5.75 Å². The van der Waals surface area contributed by atoms with Crippen LogP contribution in [0.15, 0.2) is 41.3 Å². The zero-order chi connectivity index (χ0) is 20.0. The van der Waals surface area contributed by atoms with Crippen LogP contribution in [0.3, 0.4) is 0 Å². The van der Waals surface area contributed by atoms with E-state index in [1.54, 1.807) is 31.2 Å². The van der Waals surface area contributed by atoms with Gasteiger partial charge in [0.1, 0.15) is 5.75 Å². The number of hydrogen-bond donors (Lipinski definition) is 2. The Labute approximate surface area is 160 Å². The van der Waals surface area contributed by atoms with E-state index < -0.39 is 10.0 Å². The van der Waals surface area contributed by atoms with E-state index in [0.717, 1.165) is 30.4 Å². The molecule has 0 aromatic heterocycles. The summed E-state index contributed by atoms with van der Waals surface area (Å²) in [7, 11) is -3.85. The maximum absolute atomic E-state index is 12.5. The summed E-state index contributed by atoms with van der Waals surface area (Å²) in [5, 5.41) is 7.97. The zero-order valence-electron chi connectivity index (χ0n) is 15.9. The van der Waals surface area contributed by atoms with E-state index in [1.165, 1.54) is 12.1 Å². The lowest BCUT2D eigenvalue weighted by Crippen LogP contribution is -2.16. The summed E-state index contributed by atoms with van der Waals surface area (Å²) in [6.07, 6.45) is 3.25. The van der Waals surface area contributed by atoms with Crippen molar-refractivity contribution < 1.29 is 17.9 Å². The molecular formula is C20H26N2O4S. The molecule has 146 valence electrons. The Balaban J connectivity index is 2.12. The normalized spacial score (nSPS) is 11.3. The summed E-state index contributed by atoms with van der Waals surface area (Å²) in [5.41, 5.74) is 2.39. The molecular weight excluding hydrogens is 364 g/mol. The van der Waals surface area contributed by atoms with Gasteiger partial charge in [-0.05, 0) is 67.8 Å². The number of carbonyl (C=O) groups is 1. The number of nitrogens with one attached hydrogen (secondary N) is 1. The molecule has 0 aliphatic heterocycles. The standard InChI is InChI=1S/C20H26N2O4S/c1-4-5-6-11-26-17-9-7-16(8-10-17)20(23)22-19-13-18(27(21,24)25)12-14(2)15(19)3/h7-10,12-13H,4-6,11H2,1-3H3,(H,22,23)(H2,21,24,25). The molecule has 3 N–H and O–H groups in total. The number of primary sulfonamides is 1. The molecule has 2 aromatic carbocycles. The van der Waals surface area contributed by atoms with E-state index >= 15 is 0 Å². The van der Waals surface area contributed by atoms with Crippen LogP contribution in [-0.4, -0.2) is 20.9 Å². The summed E-state index contributed by atoms with van der Waals surface area (Å²) in [4.78, 5) is 12.5. The summed E-state index contributed by atoms with van der Waals surface area (Å²) >= 11 is 0. The highest BCUT2D eigenvalue weighted by atomic mass is 32.2. The molecule has 0 saturated carbocycles. The third-order valence-corrected chi connectivity index (χ3v) is 5.24. The number of rotatable bonds is 8. The number of anilines is 1. The molecule has 0 atom stereocenters. The number of nitrogens with two attached hydrogens (primary N) is 1. The van der Waals surface area contributed by atoms with Gasteiger partial charge in [0.25, 0.3) is 5.91 Å². The maximum atomic E-state index is 12.5. The average Bonchev–Trinajstić information content (AvgIpc) is 2.62. The number of amides is 1. The third-order valence-electron chi connectivity index (χ3n) is 4.35. The molecule has 2 aromatic rings. The molecule has 2 rings (SSSR count). The van der Waals surface area contributed by atoms with Crippen molar-refractivity contribution in [1.82, 2.24) is 0 Å². The van der Waals surface area contributed by atoms with Gasteiger partial charge in [0, 0.05) is 11.3 Å². The minimum Gasteiger partial charge on any atom is -0.494 e. The molecule has 0 spiro atoms. The topological polar surface area (TPSA) is 98.5 Å². The first-order valence-corrected chi connectivity index (χ1v) is 10.4. The van der Waals surface area contributed by atoms with Crippen LogP contribution in [0, 0.1) is 13.8 Å². The van der Waals surface area contributed by atoms with Gasteiger partial charge in [0.05, 0.1) is 11.5 Å². The van der Waals surface area contributed by atoms with Gasteiger partial charge in [-0.25, -0.2) is 13.6 Å². The summed E-state index contributed by atoms with van der Waals surface area (Å²) in [6, 6.07) is 9.72. The lowest BCUT2D eigenvalue weighted by molar-refractivity contribution is 0.102. The molecule has 1 amide bonds. The molecule has 7 heteroatoms. The van der Waals surface area contributed by atoms with Crippen molar-refractivity contribution in [2.75, 3.05) is 11.9 Å². The number of hydrogen-bond acceptors (Lipinski definition) is 4. The maximum Gasteiger partial charge on any atom is 0.255 e. The van der Waals surface area contributed by atoms with Gasteiger partial charge in [-0.2, -0.15) is 0 Å². The number of ether oxygens (including phenoxy) is 1. The summed E-state index contributed by atoms with van der Waals surface area (Å²) < 4.78 is 28.9. The van der Waals surface area contributed by atoms with Gasteiger partial charge in [-0.3, -0.25) is 4.79 Å². The first-order chi connectivity index (χ1) is 12.7. The van der Waals surface area contributed by atoms with Gasteiger partial charge in [-0.15, -0.1) is 0 Å². The van der Waals surface area contributed by atoms with Crippen molar-refractivity contribution in [2.45, 2.75) is 44.9 Å². The molecule has 0 fully saturated rings. The van der Waals surface area contributed by atoms with Crippen LogP contribution in [-0.2, 0) is 10.0 Å². The van der Waals surface area contributed by atoms with Crippen molar-refractivity contribution in [2.24, 2.45) is 5.14 Å². The molecule has 0 radical (unpaired) electrons. The minimum absolute atomic E-state index is 0.0308. The van der Waals surface area contributed by atoms with E-state index in [4.69, 9.17) is 9.88 Å². The molecule has 27 heavy (non-hydrogen) atoms. The Morgan fingerprint density at radius 3 is 2.37 bits per heavy atom. The zero-order valence-corrected chi connectivity index (χ0v) is 16.7. The highest BCUT2D eigenvalue weighted by Crippen LogP contribution is 2.24. The molecule has 0 saturated heterocycles. The van der Waals surface area contributed by atoms with Crippen molar-refractivity contribution >= 4 is 21.6 Å². The first kappa shape index (κ1) is 20.9. The predicted octanol–water partition coefficient (Wildman–Crippen LogP) is 3.77. The van der Waals surface area contributed by atoms with Crippen LogP contribution in [0.5, 0.6) is 5.75 Å². The van der Waals surface area contributed by atoms with Crippen LogP contribution in [0.25, 0.3) is 0 Å². The lowest BCUT2D eigenvalue weighted by Gasteiger charge is -2.13. The van der Waals surface area contributed by atoms with Crippen LogP contribution >= 0.6 is 0 Å². The fourth-order valence-electron chi connectivity index (χ4n) is 2.56. The monoisotopic (exact) mass is 390 g/mol. The predicted molar refractivity (Wildman–Crippen MR) is 107 cm³/mol. The van der Waals surface area contributed by atoms with Crippen molar-refractivity contribution in [3.63, 3.8) is 0 Å². The Bertz CT molecular complexity index is 906. The van der Waals surface area contributed by atoms with E-state index in [-0.39, 0.29) is 10.8 Å². The van der Waals surface area contributed by atoms with Gasteiger partial charge < -0.3 is 10.1 Å². The Morgan fingerprint density at radius 2 is 1.78 bits per heavy atom. The number of carbonyl (C=O) groups excluding carboxylic acids is 1. The second kappa shape index (κ2) is 9.01. The van der Waals surface area contributed by atoms with Crippen molar-refractivity contribution in [3.05, 3.63) is 53.1 Å². The fraction of sp³-hybridized carbons (Fsp3) is 0.350. The molecule has 0 unspecified atom stereocenters. The highest BCUT2D eigenvalue weighted by Gasteiger charge is 2.15.